The van der Waals surface area contributed by atoms with Gasteiger partial charge < -0.3 is 15.0 Å². The summed E-state index contributed by atoms with van der Waals surface area (Å²) >= 11 is 5.98. The van der Waals surface area contributed by atoms with Crippen LogP contribution in [0.15, 0.2) is 35.7 Å². The lowest BCUT2D eigenvalue weighted by Gasteiger charge is -2.30. The molecule has 1 unspecified atom stereocenters. The van der Waals surface area contributed by atoms with Gasteiger partial charge in [-0.3, -0.25) is 4.79 Å². The van der Waals surface area contributed by atoms with Gasteiger partial charge in [-0.05, 0) is 31.0 Å². The van der Waals surface area contributed by atoms with Gasteiger partial charge in [-0.15, -0.1) is 0 Å². The van der Waals surface area contributed by atoms with Crippen LogP contribution in [0.4, 0.5) is 5.69 Å². The molecule has 1 aliphatic rings. The fraction of sp³-hybridized carbons (Fsp3) is 0.375. The van der Waals surface area contributed by atoms with E-state index < -0.39 is 15.9 Å². The van der Waals surface area contributed by atoms with Crippen molar-refractivity contribution in [1.29, 1.82) is 0 Å². The van der Waals surface area contributed by atoms with Crippen molar-refractivity contribution in [2.45, 2.75) is 17.9 Å². The number of carbonyl (C=O) groups excluding carboxylic acids is 1. The highest BCUT2D eigenvalue weighted by atomic mass is 35.5. The molecule has 140 valence electrons. The summed E-state index contributed by atoms with van der Waals surface area (Å²) < 4.78 is 31.7. The Bertz CT molecular complexity index is 886. The zero-order valence-electron chi connectivity index (χ0n) is 14.1. The second-order valence-electron chi connectivity index (χ2n) is 5.95. The van der Waals surface area contributed by atoms with Crippen LogP contribution in [0.25, 0.3) is 0 Å². The Morgan fingerprint density at radius 1 is 1.46 bits per heavy atom. The summed E-state index contributed by atoms with van der Waals surface area (Å²) in [6.45, 7) is 0.474. The van der Waals surface area contributed by atoms with Crippen LogP contribution in [0.3, 0.4) is 0 Å². The van der Waals surface area contributed by atoms with Crippen LogP contribution in [-0.2, 0) is 14.8 Å². The molecule has 2 aromatic rings. The van der Waals surface area contributed by atoms with E-state index >= 15 is 0 Å². The molecule has 0 saturated carbocycles. The number of carbonyl (C=O) groups is 1. The molecule has 1 atom stereocenters. The number of anilines is 1. The third kappa shape index (κ3) is 3.84. The minimum Gasteiger partial charge on any atom is -0.495 e. The van der Waals surface area contributed by atoms with Gasteiger partial charge in [0, 0.05) is 18.1 Å². The number of methoxy groups -OCH3 is 1. The molecule has 1 aromatic carbocycles. The smallest absolute Gasteiger partial charge is 0.260 e. The van der Waals surface area contributed by atoms with E-state index in [0.717, 1.165) is 0 Å². The molecule has 8 nitrogen and oxygen atoms in total. The molecule has 1 aliphatic heterocycles. The van der Waals surface area contributed by atoms with Crippen LogP contribution < -0.4 is 10.1 Å². The molecule has 0 aliphatic carbocycles. The highest BCUT2D eigenvalue weighted by molar-refractivity contribution is 7.89. The van der Waals surface area contributed by atoms with Crippen molar-refractivity contribution >= 4 is 33.2 Å². The summed E-state index contributed by atoms with van der Waals surface area (Å²) in [5.41, 5.74) is 0.457. The molecule has 10 heteroatoms. The zero-order valence-corrected chi connectivity index (χ0v) is 15.7. The summed E-state index contributed by atoms with van der Waals surface area (Å²) in [7, 11) is -2.19. The molecule has 0 bridgehead atoms. The number of hydrogen-bond acceptors (Lipinski definition) is 5. The van der Waals surface area contributed by atoms with Crippen LogP contribution in [0.2, 0.25) is 5.02 Å². The topological polar surface area (TPSA) is 104 Å². The van der Waals surface area contributed by atoms with Gasteiger partial charge in [0.2, 0.25) is 5.91 Å². The Morgan fingerprint density at radius 2 is 2.27 bits per heavy atom. The summed E-state index contributed by atoms with van der Waals surface area (Å²) in [6, 6.07) is 4.92. The van der Waals surface area contributed by atoms with Crippen molar-refractivity contribution in [2.75, 3.05) is 25.5 Å². The second-order valence-corrected chi connectivity index (χ2v) is 8.29. The van der Waals surface area contributed by atoms with E-state index in [4.69, 9.17) is 16.3 Å². The molecule has 1 aromatic heterocycles. The van der Waals surface area contributed by atoms with Gasteiger partial charge in [0.25, 0.3) is 10.0 Å². The predicted molar refractivity (Wildman–Crippen MR) is 96.7 cm³/mol. The van der Waals surface area contributed by atoms with Gasteiger partial charge in [-0.2, -0.15) is 4.31 Å². The standard InChI is InChI=1S/C16H19ClN4O4S/c1-25-14-5-4-12(17)7-13(14)20-16(22)11-3-2-6-21(9-11)26(23,24)15-8-18-10-19-15/h4-5,7-8,10-11H,2-3,6,9H2,1H3,(H,18,19)(H,20,22). The first-order chi connectivity index (χ1) is 12.4. The minimum absolute atomic E-state index is 0.0232. The molecular weight excluding hydrogens is 380 g/mol. The fourth-order valence-electron chi connectivity index (χ4n) is 2.91. The Morgan fingerprint density at radius 3 is 2.96 bits per heavy atom. The summed E-state index contributed by atoms with van der Waals surface area (Å²) in [5.74, 6) is -0.249. The SMILES string of the molecule is COc1ccc(Cl)cc1NC(=O)C1CCCN(S(=O)(=O)c2cnc[nH]2)C1. The number of aromatic nitrogens is 2. The number of amides is 1. The molecule has 1 fully saturated rings. The number of benzene rings is 1. The lowest BCUT2D eigenvalue weighted by molar-refractivity contribution is -0.120. The average Bonchev–Trinajstić information content (AvgIpc) is 3.17. The van der Waals surface area contributed by atoms with Gasteiger partial charge >= 0.3 is 0 Å². The van der Waals surface area contributed by atoms with E-state index in [1.54, 1.807) is 18.2 Å². The van der Waals surface area contributed by atoms with Gasteiger partial charge in [0.15, 0.2) is 5.03 Å². The molecule has 0 spiro atoms. The average molecular weight is 399 g/mol. The number of piperidine rings is 1. The Hall–Kier alpha value is -2.10. The third-order valence-electron chi connectivity index (χ3n) is 4.27. The lowest BCUT2D eigenvalue weighted by Crippen LogP contribution is -2.43. The van der Waals surface area contributed by atoms with E-state index in [0.29, 0.717) is 35.8 Å². The summed E-state index contributed by atoms with van der Waals surface area (Å²) in [6.07, 6.45) is 3.77. The number of imidazole rings is 1. The highest BCUT2D eigenvalue weighted by Gasteiger charge is 2.34. The van der Waals surface area contributed by atoms with E-state index in [-0.39, 0.29) is 17.5 Å². The molecule has 3 rings (SSSR count). The van der Waals surface area contributed by atoms with Crippen molar-refractivity contribution < 1.29 is 17.9 Å². The van der Waals surface area contributed by atoms with Crippen LogP contribution in [0.1, 0.15) is 12.8 Å². The first kappa shape index (κ1) is 18.7. The van der Waals surface area contributed by atoms with Crippen LogP contribution in [-0.4, -0.2) is 48.8 Å². The maximum absolute atomic E-state index is 12.7. The minimum atomic E-state index is -3.69. The maximum atomic E-state index is 12.7. The van der Waals surface area contributed by atoms with Gasteiger partial charge in [0.05, 0.1) is 31.2 Å². The maximum Gasteiger partial charge on any atom is 0.260 e. The number of halogens is 1. The first-order valence-electron chi connectivity index (χ1n) is 8.04. The predicted octanol–water partition coefficient (Wildman–Crippen LogP) is 2.11. The molecular formula is C16H19ClN4O4S. The second kappa shape index (κ2) is 7.65. The lowest BCUT2D eigenvalue weighted by atomic mass is 9.98. The number of ether oxygens (including phenoxy) is 1. The van der Waals surface area contributed by atoms with Gasteiger partial charge in [-0.1, -0.05) is 11.6 Å². The monoisotopic (exact) mass is 398 g/mol. The molecule has 2 N–H and O–H groups in total. The van der Waals surface area contributed by atoms with Crippen molar-refractivity contribution in [1.82, 2.24) is 14.3 Å². The third-order valence-corrected chi connectivity index (χ3v) is 6.29. The molecule has 2 heterocycles. The van der Waals surface area contributed by atoms with E-state index in [9.17, 15) is 13.2 Å². The van der Waals surface area contributed by atoms with E-state index in [1.807, 2.05) is 0 Å². The van der Waals surface area contributed by atoms with Crippen molar-refractivity contribution in [3.63, 3.8) is 0 Å². The van der Waals surface area contributed by atoms with Crippen LogP contribution >= 0.6 is 11.6 Å². The number of sulfonamides is 1. The Kier molecular flexibility index (Phi) is 5.49. The Labute approximate surface area is 156 Å². The quantitative estimate of drug-likeness (QED) is 0.802. The fourth-order valence-corrected chi connectivity index (χ4v) is 4.50. The zero-order chi connectivity index (χ0) is 18.7. The van der Waals surface area contributed by atoms with Crippen molar-refractivity contribution in [3.05, 3.63) is 35.7 Å². The van der Waals surface area contributed by atoms with Crippen molar-refractivity contribution in [2.24, 2.45) is 5.92 Å². The van der Waals surface area contributed by atoms with E-state index in [2.05, 4.69) is 15.3 Å². The molecule has 1 saturated heterocycles. The highest BCUT2D eigenvalue weighted by Crippen LogP contribution is 2.29. The van der Waals surface area contributed by atoms with Crippen LogP contribution in [0, 0.1) is 5.92 Å². The van der Waals surface area contributed by atoms with Crippen LogP contribution in [0.5, 0.6) is 5.75 Å². The number of hydrogen-bond donors (Lipinski definition) is 2. The van der Waals surface area contributed by atoms with Gasteiger partial charge in [-0.25, -0.2) is 13.4 Å². The van der Waals surface area contributed by atoms with Crippen molar-refractivity contribution in [3.8, 4) is 5.75 Å². The number of H-pyrrole nitrogens is 1. The molecule has 1 amide bonds. The molecule has 0 radical (unpaired) electrons. The van der Waals surface area contributed by atoms with Gasteiger partial charge in [0.1, 0.15) is 5.75 Å². The van der Waals surface area contributed by atoms with E-state index in [1.165, 1.54) is 23.9 Å². The number of rotatable bonds is 5. The molecule has 26 heavy (non-hydrogen) atoms. The normalized spacial score (nSPS) is 18.5. The Balaban J connectivity index is 1.74. The number of nitrogens with one attached hydrogen (secondary N) is 2. The summed E-state index contributed by atoms with van der Waals surface area (Å²) in [5, 5.41) is 3.28. The number of nitrogens with zero attached hydrogens (tertiary/aromatic N) is 2. The first-order valence-corrected chi connectivity index (χ1v) is 9.86. The summed E-state index contributed by atoms with van der Waals surface area (Å²) in [4.78, 5) is 19.0. The number of aromatic amines is 1. The largest absolute Gasteiger partial charge is 0.495 e.